The van der Waals surface area contributed by atoms with Crippen molar-refractivity contribution >= 4 is 5.97 Å². The first-order valence-corrected chi connectivity index (χ1v) is 5.79. The van der Waals surface area contributed by atoms with E-state index >= 15 is 0 Å². The van der Waals surface area contributed by atoms with E-state index in [-0.39, 0.29) is 5.97 Å². The molecule has 1 saturated carbocycles. The summed E-state index contributed by atoms with van der Waals surface area (Å²) in [4.78, 5) is 11.2. The summed E-state index contributed by atoms with van der Waals surface area (Å²) in [6, 6.07) is 0.518. The molecule has 0 aromatic carbocycles. The third kappa shape index (κ3) is 5.74. The molecule has 1 rings (SSSR count). The van der Waals surface area contributed by atoms with Crippen molar-refractivity contribution in [2.75, 3.05) is 26.4 Å². The smallest absolute Gasteiger partial charge is 0.320 e. The van der Waals surface area contributed by atoms with Gasteiger partial charge in [-0.1, -0.05) is 12.8 Å². The number of nitrogens with one attached hydrogen (secondary N) is 1. The Morgan fingerprint density at radius 3 is 2.73 bits per heavy atom. The van der Waals surface area contributed by atoms with Crippen LogP contribution in [-0.4, -0.2) is 38.4 Å². The maximum atomic E-state index is 11.2. The quantitative estimate of drug-likeness (QED) is 0.510. The van der Waals surface area contributed by atoms with Crippen molar-refractivity contribution in [1.29, 1.82) is 0 Å². The molecule has 15 heavy (non-hydrogen) atoms. The van der Waals surface area contributed by atoms with Gasteiger partial charge >= 0.3 is 5.97 Å². The highest BCUT2D eigenvalue weighted by Gasteiger charge is 2.15. The summed E-state index contributed by atoms with van der Waals surface area (Å²) in [5.74, 6) is -0.179. The van der Waals surface area contributed by atoms with Crippen LogP contribution in [-0.2, 0) is 14.3 Å². The molecule has 0 aromatic rings. The summed E-state index contributed by atoms with van der Waals surface area (Å²) in [7, 11) is 0. The topological polar surface area (TPSA) is 47.6 Å². The first kappa shape index (κ1) is 12.5. The number of carbonyl (C=O) groups is 1. The van der Waals surface area contributed by atoms with E-state index in [2.05, 4.69) is 5.32 Å². The molecule has 1 fully saturated rings. The zero-order valence-electron chi connectivity index (χ0n) is 9.46. The largest absolute Gasteiger partial charge is 0.462 e. The molecule has 88 valence electrons. The van der Waals surface area contributed by atoms with E-state index < -0.39 is 0 Å². The molecular weight excluding hydrogens is 194 g/mol. The lowest BCUT2D eigenvalue weighted by Crippen LogP contribution is -2.32. The maximum Gasteiger partial charge on any atom is 0.320 e. The highest BCUT2D eigenvalue weighted by molar-refractivity contribution is 5.71. The van der Waals surface area contributed by atoms with Crippen LogP contribution in [0, 0.1) is 0 Å². The molecule has 0 heterocycles. The van der Waals surface area contributed by atoms with Gasteiger partial charge in [0.15, 0.2) is 0 Å². The third-order valence-corrected chi connectivity index (χ3v) is 2.59. The molecule has 0 amide bonds. The van der Waals surface area contributed by atoms with Crippen molar-refractivity contribution in [2.45, 2.75) is 38.6 Å². The predicted octanol–water partition coefficient (Wildman–Crippen LogP) is 1.10. The van der Waals surface area contributed by atoms with Gasteiger partial charge in [0.2, 0.25) is 0 Å². The standard InChI is InChI=1S/C11H21NO3/c1-2-14-7-8-15-11(13)9-12-10-5-3-4-6-10/h10,12H,2-9H2,1H3. The van der Waals surface area contributed by atoms with E-state index in [1.54, 1.807) is 0 Å². The molecule has 1 N–H and O–H groups in total. The zero-order valence-corrected chi connectivity index (χ0v) is 9.46. The number of hydrogen-bond donors (Lipinski definition) is 1. The Bertz CT molecular complexity index is 179. The SMILES string of the molecule is CCOCCOC(=O)CNC1CCCC1. The highest BCUT2D eigenvalue weighted by Crippen LogP contribution is 2.17. The van der Waals surface area contributed by atoms with Crippen LogP contribution < -0.4 is 5.32 Å². The summed E-state index contributed by atoms with van der Waals surface area (Å²) < 4.78 is 10.0. The van der Waals surface area contributed by atoms with E-state index in [4.69, 9.17) is 9.47 Å². The normalized spacial score (nSPS) is 16.9. The Labute approximate surface area is 91.3 Å². The average Bonchev–Trinajstić information content (AvgIpc) is 2.74. The fourth-order valence-corrected chi connectivity index (χ4v) is 1.77. The number of rotatable bonds is 7. The summed E-state index contributed by atoms with van der Waals surface area (Å²) in [5, 5.41) is 3.21. The van der Waals surface area contributed by atoms with Gasteiger partial charge in [-0.25, -0.2) is 0 Å². The van der Waals surface area contributed by atoms with Gasteiger partial charge in [0.05, 0.1) is 13.2 Å². The van der Waals surface area contributed by atoms with Crippen LogP contribution >= 0.6 is 0 Å². The van der Waals surface area contributed by atoms with Crippen LogP contribution in [0.5, 0.6) is 0 Å². The lowest BCUT2D eigenvalue weighted by molar-refractivity contribution is -0.144. The monoisotopic (exact) mass is 215 g/mol. The van der Waals surface area contributed by atoms with Crippen molar-refractivity contribution in [3.63, 3.8) is 0 Å². The van der Waals surface area contributed by atoms with Crippen molar-refractivity contribution in [3.05, 3.63) is 0 Å². The highest BCUT2D eigenvalue weighted by atomic mass is 16.6. The number of ether oxygens (including phenoxy) is 2. The van der Waals surface area contributed by atoms with Gasteiger partial charge in [-0.05, 0) is 19.8 Å². The molecule has 4 heteroatoms. The van der Waals surface area contributed by atoms with Gasteiger partial charge < -0.3 is 14.8 Å². The van der Waals surface area contributed by atoms with Crippen molar-refractivity contribution in [3.8, 4) is 0 Å². The predicted molar refractivity (Wildman–Crippen MR) is 57.7 cm³/mol. The molecule has 0 spiro atoms. The Morgan fingerprint density at radius 1 is 1.33 bits per heavy atom. The number of carbonyl (C=O) groups excluding carboxylic acids is 1. The van der Waals surface area contributed by atoms with Crippen LogP contribution in [0.25, 0.3) is 0 Å². The second-order valence-corrected chi connectivity index (χ2v) is 3.78. The lowest BCUT2D eigenvalue weighted by Gasteiger charge is -2.11. The summed E-state index contributed by atoms with van der Waals surface area (Å²) >= 11 is 0. The van der Waals surface area contributed by atoms with E-state index in [9.17, 15) is 4.79 Å². The van der Waals surface area contributed by atoms with Crippen molar-refractivity contribution in [2.24, 2.45) is 0 Å². The Balaban J connectivity index is 1.93. The van der Waals surface area contributed by atoms with E-state index in [0.29, 0.717) is 32.4 Å². The summed E-state index contributed by atoms with van der Waals surface area (Å²) in [6.45, 7) is 3.77. The number of hydrogen-bond acceptors (Lipinski definition) is 4. The minimum absolute atomic E-state index is 0.179. The van der Waals surface area contributed by atoms with Crippen LogP contribution in [0.4, 0.5) is 0 Å². The number of esters is 1. The van der Waals surface area contributed by atoms with E-state index in [1.807, 2.05) is 6.92 Å². The van der Waals surface area contributed by atoms with Crippen molar-refractivity contribution < 1.29 is 14.3 Å². The molecule has 0 atom stereocenters. The fraction of sp³-hybridized carbons (Fsp3) is 0.909. The van der Waals surface area contributed by atoms with E-state index in [1.165, 1.54) is 25.7 Å². The third-order valence-electron chi connectivity index (χ3n) is 2.59. The molecule has 0 aromatic heterocycles. The lowest BCUT2D eigenvalue weighted by atomic mass is 10.2. The second-order valence-electron chi connectivity index (χ2n) is 3.78. The average molecular weight is 215 g/mol. The fourth-order valence-electron chi connectivity index (χ4n) is 1.77. The summed E-state index contributed by atoms with van der Waals surface area (Å²) in [6.07, 6.45) is 4.92. The van der Waals surface area contributed by atoms with Gasteiger partial charge in [0.1, 0.15) is 6.61 Å². The molecule has 1 aliphatic carbocycles. The zero-order chi connectivity index (χ0) is 10.9. The summed E-state index contributed by atoms with van der Waals surface area (Å²) in [5.41, 5.74) is 0. The minimum atomic E-state index is -0.179. The molecule has 0 unspecified atom stereocenters. The second kappa shape index (κ2) is 7.65. The van der Waals surface area contributed by atoms with Gasteiger partial charge in [-0.3, -0.25) is 4.79 Å². The minimum Gasteiger partial charge on any atom is -0.462 e. The van der Waals surface area contributed by atoms with Crippen LogP contribution in [0.3, 0.4) is 0 Å². The molecular formula is C11H21NO3. The molecule has 0 aliphatic heterocycles. The Morgan fingerprint density at radius 2 is 2.07 bits per heavy atom. The molecule has 4 nitrogen and oxygen atoms in total. The first-order chi connectivity index (χ1) is 7.33. The van der Waals surface area contributed by atoms with Gasteiger partial charge in [0, 0.05) is 12.6 Å². The van der Waals surface area contributed by atoms with E-state index in [0.717, 1.165) is 0 Å². The molecule has 0 saturated heterocycles. The van der Waals surface area contributed by atoms with Gasteiger partial charge in [-0.2, -0.15) is 0 Å². The Kier molecular flexibility index (Phi) is 6.36. The van der Waals surface area contributed by atoms with Crippen LogP contribution in [0.2, 0.25) is 0 Å². The molecule has 0 bridgehead atoms. The van der Waals surface area contributed by atoms with Crippen LogP contribution in [0.1, 0.15) is 32.6 Å². The van der Waals surface area contributed by atoms with Gasteiger partial charge in [-0.15, -0.1) is 0 Å². The van der Waals surface area contributed by atoms with Gasteiger partial charge in [0.25, 0.3) is 0 Å². The van der Waals surface area contributed by atoms with Crippen molar-refractivity contribution in [1.82, 2.24) is 5.32 Å². The molecule has 0 radical (unpaired) electrons. The maximum absolute atomic E-state index is 11.2. The molecule has 1 aliphatic rings. The Hall–Kier alpha value is -0.610. The van der Waals surface area contributed by atoms with Crippen LogP contribution in [0.15, 0.2) is 0 Å². The first-order valence-electron chi connectivity index (χ1n) is 5.79.